The molecular weight excluding hydrogens is 469 g/mol. The van der Waals surface area contributed by atoms with E-state index in [1.807, 2.05) is 0 Å². The first kappa shape index (κ1) is 24.1. The molecule has 12 heteroatoms. The first-order valence-corrected chi connectivity index (χ1v) is 11.3. The van der Waals surface area contributed by atoms with E-state index in [4.69, 9.17) is 38.4 Å². The minimum atomic E-state index is -0.930. The highest BCUT2D eigenvalue weighted by Gasteiger charge is 2.48. The summed E-state index contributed by atoms with van der Waals surface area (Å²) in [6.45, 7) is 3.49. The van der Waals surface area contributed by atoms with Gasteiger partial charge in [0.25, 0.3) is 5.91 Å². The van der Waals surface area contributed by atoms with E-state index in [9.17, 15) is 4.79 Å². The SMILES string of the molecule is COCCOC1(c2nc(N)ncc2C(=O)Nc2c(Cl)cccc2Cl)CNN(C2CN(C)C2)C1. The fraction of sp³-hybridized carbons (Fsp3) is 0.476. The van der Waals surface area contributed by atoms with Gasteiger partial charge in [-0.15, -0.1) is 0 Å². The summed E-state index contributed by atoms with van der Waals surface area (Å²) in [5.74, 6) is -0.412. The van der Waals surface area contributed by atoms with Crippen LogP contribution in [-0.2, 0) is 15.1 Å². The van der Waals surface area contributed by atoms with Gasteiger partial charge in [-0.2, -0.15) is 0 Å². The lowest BCUT2D eigenvalue weighted by atomic mass is 9.95. The van der Waals surface area contributed by atoms with Gasteiger partial charge < -0.3 is 25.4 Å². The minimum Gasteiger partial charge on any atom is -0.382 e. The van der Waals surface area contributed by atoms with E-state index in [0.29, 0.717) is 53.8 Å². The molecule has 0 aliphatic carbocycles. The average molecular weight is 496 g/mol. The van der Waals surface area contributed by atoms with Crippen molar-refractivity contribution < 1.29 is 14.3 Å². The molecule has 2 fully saturated rings. The predicted molar refractivity (Wildman–Crippen MR) is 126 cm³/mol. The number of nitrogens with two attached hydrogens (primary N) is 1. The third kappa shape index (κ3) is 5.07. The zero-order valence-corrected chi connectivity index (χ0v) is 20.0. The first-order valence-electron chi connectivity index (χ1n) is 10.5. The number of likely N-dealkylation sites (N-methyl/N-ethyl adjacent to an activating group) is 1. The van der Waals surface area contributed by atoms with E-state index in [1.54, 1.807) is 25.3 Å². The molecule has 2 aliphatic rings. The molecule has 0 spiro atoms. The van der Waals surface area contributed by atoms with Gasteiger partial charge in [0.1, 0.15) is 5.60 Å². The number of aromatic nitrogens is 2. The fourth-order valence-corrected chi connectivity index (χ4v) is 4.58. The summed E-state index contributed by atoms with van der Waals surface area (Å²) >= 11 is 12.5. The Labute approximate surface area is 202 Å². The predicted octanol–water partition coefficient (Wildman–Crippen LogP) is 1.61. The Kier molecular flexibility index (Phi) is 7.34. The topological polar surface area (TPSA) is 118 Å². The zero-order valence-electron chi connectivity index (χ0n) is 18.5. The number of carbonyl (C=O) groups is 1. The molecule has 1 unspecified atom stereocenters. The van der Waals surface area contributed by atoms with E-state index < -0.39 is 11.5 Å². The van der Waals surface area contributed by atoms with Crippen molar-refractivity contribution >= 4 is 40.7 Å². The fourth-order valence-electron chi connectivity index (χ4n) is 4.09. The number of anilines is 2. The number of halogens is 2. The Hall–Kier alpha value is -2.05. The number of hydrogen-bond acceptors (Lipinski definition) is 9. The monoisotopic (exact) mass is 495 g/mol. The number of methoxy groups -OCH3 is 1. The summed E-state index contributed by atoms with van der Waals surface area (Å²) in [6, 6.07) is 5.33. The zero-order chi connectivity index (χ0) is 23.6. The smallest absolute Gasteiger partial charge is 0.259 e. The molecule has 0 saturated carbocycles. The lowest BCUT2D eigenvalue weighted by Crippen LogP contribution is -2.59. The third-order valence-electron chi connectivity index (χ3n) is 5.83. The molecule has 10 nitrogen and oxygen atoms in total. The molecule has 178 valence electrons. The van der Waals surface area contributed by atoms with E-state index in [-0.39, 0.29) is 11.5 Å². The summed E-state index contributed by atoms with van der Waals surface area (Å²) in [5.41, 5.74) is 9.37. The molecule has 0 radical (unpaired) electrons. The van der Waals surface area contributed by atoms with E-state index >= 15 is 0 Å². The summed E-state index contributed by atoms with van der Waals surface area (Å²) in [7, 11) is 3.68. The number of ether oxygens (including phenoxy) is 2. The van der Waals surface area contributed by atoms with Crippen LogP contribution in [0.5, 0.6) is 0 Å². The lowest BCUT2D eigenvalue weighted by molar-refractivity contribution is -0.0628. The minimum absolute atomic E-state index is 0.0499. The van der Waals surface area contributed by atoms with Gasteiger partial charge in [-0.3, -0.25) is 10.2 Å². The molecule has 1 aromatic heterocycles. The van der Waals surface area contributed by atoms with Crippen LogP contribution in [0.2, 0.25) is 10.0 Å². The van der Waals surface area contributed by atoms with Crippen LogP contribution >= 0.6 is 23.2 Å². The third-order valence-corrected chi connectivity index (χ3v) is 6.46. The van der Waals surface area contributed by atoms with Crippen molar-refractivity contribution in [1.29, 1.82) is 0 Å². The molecule has 4 N–H and O–H groups in total. The Morgan fingerprint density at radius 1 is 1.33 bits per heavy atom. The van der Waals surface area contributed by atoms with Crippen molar-refractivity contribution in [2.75, 3.05) is 64.6 Å². The number of hydrogen-bond donors (Lipinski definition) is 3. The van der Waals surface area contributed by atoms with Crippen LogP contribution in [-0.4, -0.2) is 85.4 Å². The van der Waals surface area contributed by atoms with Crippen LogP contribution in [0.4, 0.5) is 11.6 Å². The summed E-state index contributed by atoms with van der Waals surface area (Å²) in [6.07, 6.45) is 1.40. The first-order chi connectivity index (χ1) is 15.8. The van der Waals surface area contributed by atoms with Crippen molar-refractivity contribution in [3.8, 4) is 0 Å². The number of nitrogens with one attached hydrogen (secondary N) is 2. The molecule has 4 rings (SSSR count). The molecule has 2 aliphatic heterocycles. The number of para-hydroxylation sites is 1. The van der Waals surface area contributed by atoms with Gasteiger partial charge in [-0.1, -0.05) is 29.3 Å². The van der Waals surface area contributed by atoms with Crippen LogP contribution in [0.1, 0.15) is 16.1 Å². The second kappa shape index (κ2) is 10.1. The second-order valence-electron chi connectivity index (χ2n) is 8.21. The maximum Gasteiger partial charge on any atom is 0.259 e. The van der Waals surface area contributed by atoms with Crippen molar-refractivity contribution in [2.24, 2.45) is 0 Å². The second-order valence-corrected chi connectivity index (χ2v) is 9.03. The van der Waals surface area contributed by atoms with Gasteiger partial charge >= 0.3 is 0 Å². The quantitative estimate of drug-likeness (QED) is 0.469. The Morgan fingerprint density at radius 2 is 2.06 bits per heavy atom. The van der Waals surface area contributed by atoms with Crippen LogP contribution in [0.3, 0.4) is 0 Å². The van der Waals surface area contributed by atoms with Gasteiger partial charge in [0.2, 0.25) is 5.95 Å². The highest BCUT2D eigenvalue weighted by atomic mass is 35.5. The van der Waals surface area contributed by atoms with Gasteiger partial charge in [0.05, 0.1) is 40.2 Å². The number of carbonyl (C=O) groups excluding carboxylic acids is 1. The molecule has 0 bridgehead atoms. The highest BCUT2D eigenvalue weighted by molar-refractivity contribution is 6.40. The van der Waals surface area contributed by atoms with Crippen molar-refractivity contribution in [1.82, 2.24) is 25.3 Å². The maximum atomic E-state index is 13.3. The largest absolute Gasteiger partial charge is 0.382 e. The van der Waals surface area contributed by atoms with Crippen LogP contribution < -0.4 is 16.5 Å². The van der Waals surface area contributed by atoms with Crippen molar-refractivity contribution in [3.63, 3.8) is 0 Å². The van der Waals surface area contributed by atoms with Crippen LogP contribution in [0, 0.1) is 0 Å². The van der Waals surface area contributed by atoms with Crippen LogP contribution in [0.25, 0.3) is 0 Å². The highest BCUT2D eigenvalue weighted by Crippen LogP contribution is 2.35. The molecule has 2 saturated heterocycles. The van der Waals surface area contributed by atoms with Crippen molar-refractivity contribution in [2.45, 2.75) is 11.6 Å². The number of nitrogens with zero attached hydrogens (tertiary/aromatic N) is 4. The van der Waals surface area contributed by atoms with Gasteiger partial charge in [0.15, 0.2) is 0 Å². The maximum absolute atomic E-state index is 13.3. The summed E-state index contributed by atoms with van der Waals surface area (Å²) in [5, 5.41) is 5.56. The van der Waals surface area contributed by atoms with Crippen molar-refractivity contribution in [3.05, 3.63) is 45.7 Å². The van der Waals surface area contributed by atoms with Gasteiger partial charge in [0, 0.05) is 45.5 Å². The molecule has 1 atom stereocenters. The number of benzene rings is 1. The van der Waals surface area contributed by atoms with E-state index in [1.165, 1.54) is 6.20 Å². The number of likely N-dealkylation sites (tertiary alicyclic amines) is 1. The number of hydrazine groups is 1. The average Bonchev–Trinajstić information content (AvgIpc) is 3.19. The lowest BCUT2D eigenvalue weighted by Gasteiger charge is -2.42. The van der Waals surface area contributed by atoms with Gasteiger partial charge in [-0.25, -0.2) is 15.0 Å². The number of rotatable bonds is 8. The summed E-state index contributed by atoms with van der Waals surface area (Å²) in [4.78, 5) is 24.1. The molecule has 33 heavy (non-hydrogen) atoms. The normalized spacial score (nSPS) is 21.8. The standard InChI is InChI=1S/C21H27Cl2N7O3/c1-29-9-13(10-29)30-12-21(11-26-30,33-7-6-32-2)18-14(8-25-20(24)28-18)19(31)27-17-15(22)4-3-5-16(17)23/h3-5,8,13,26H,6-7,9-12H2,1-2H3,(H,27,31)(H2,24,25,28). The Balaban J connectivity index is 1.67. The summed E-state index contributed by atoms with van der Waals surface area (Å²) < 4.78 is 11.5. The molecule has 1 amide bonds. The number of nitrogen functional groups attached to an aromatic ring is 1. The molecule has 1 aromatic carbocycles. The molecule has 2 aromatic rings. The Bertz CT molecular complexity index is 1000. The molecule has 3 heterocycles. The Morgan fingerprint density at radius 3 is 2.73 bits per heavy atom. The van der Waals surface area contributed by atoms with Gasteiger partial charge in [-0.05, 0) is 19.2 Å². The van der Waals surface area contributed by atoms with E-state index in [0.717, 1.165) is 13.1 Å². The number of amides is 1. The molecular formula is C21H27Cl2N7O3. The van der Waals surface area contributed by atoms with E-state index in [2.05, 4.69) is 37.7 Å². The van der Waals surface area contributed by atoms with Crippen LogP contribution in [0.15, 0.2) is 24.4 Å².